The molecule has 1 aliphatic rings. The van der Waals surface area contributed by atoms with Crippen LogP contribution in [0.25, 0.3) is 0 Å². The van der Waals surface area contributed by atoms with Crippen molar-refractivity contribution in [2.45, 2.75) is 32.1 Å². The number of hydrogen-bond acceptors (Lipinski definition) is 2. The van der Waals surface area contributed by atoms with Crippen LogP contribution in [0, 0.1) is 0 Å². The fourth-order valence-electron chi connectivity index (χ4n) is 1.35. The lowest BCUT2D eigenvalue weighted by Gasteiger charge is -2.10. The summed E-state index contributed by atoms with van der Waals surface area (Å²) in [6.45, 7) is -0.0177. The molecule has 0 aromatic rings. The summed E-state index contributed by atoms with van der Waals surface area (Å²) < 4.78 is 0. The van der Waals surface area contributed by atoms with Gasteiger partial charge in [0.1, 0.15) is 0 Å². The Hall–Kier alpha value is -0.630. The molecule has 0 saturated heterocycles. The Kier molecular flexibility index (Phi) is 3.30. The first-order chi connectivity index (χ1) is 5.34. The number of aliphatic hydroxyl groups is 1. The summed E-state index contributed by atoms with van der Waals surface area (Å²) in [5, 5.41) is 8.52. The molecule has 0 bridgehead atoms. The lowest BCUT2D eigenvalue weighted by molar-refractivity contribution is -0.116. The van der Waals surface area contributed by atoms with Crippen LogP contribution in [-0.4, -0.2) is 17.5 Å². The van der Waals surface area contributed by atoms with Crippen molar-refractivity contribution in [3.63, 3.8) is 0 Å². The molecule has 0 aromatic heterocycles. The van der Waals surface area contributed by atoms with E-state index in [2.05, 4.69) is 0 Å². The molecule has 0 aliphatic heterocycles. The van der Waals surface area contributed by atoms with E-state index >= 15 is 0 Å². The van der Waals surface area contributed by atoms with E-state index in [0.717, 1.165) is 24.8 Å². The van der Waals surface area contributed by atoms with Crippen LogP contribution in [-0.2, 0) is 4.79 Å². The molecule has 1 N–H and O–H groups in total. The summed E-state index contributed by atoms with van der Waals surface area (Å²) in [7, 11) is 0. The van der Waals surface area contributed by atoms with Gasteiger partial charge in [-0.1, -0.05) is 6.08 Å². The minimum Gasteiger partial charge on any atom is -0.396 e. The number of carbonyl (C=O) groups excluding carboxylic acids is 1. The fourth-order valence-corrected chi connectivity index (χ4v) is 1.35. The summed E-state index contributed by atoms with van der Waals surface area (Å²) in [6.07, 6.45) is 6.59. The van der Waals surface area contributed by atoms with Gasteiger partial charge in [-0.3, -0.25) is 4.79 Å². The number of ketones is 1. The molecule has 2 nitrogen and oxygen atoms in total. The van der Waals surface area contributed by atoms with E-state index in [1.807, 2.05) is 6.08 Å². The van der Waals surface area contributed by atoms with Gasteiger partial charge in [0.15, 0.2) is 5.78 Å². The topological polar surface area (TPSA) is 37.3 Å². The second-order valence-electron chi connectivity index (χ2n) is 2.87. The van der Waals surface area contributed by atoms with E-state index in [1.54, 1.807) is 0 Å². The van der Waals surface area contributed by atoms with Gasteiger partial charge in [0, 0.05) is 6.42 Å². The van der Waals surface area contributed by atoms with Gasteiger partial charge in [-0.25, -0.2) is 0 Å². The molecule has 0 aromatic carbocycles. The Morgan fingerprint density at radius 3 is 2.91 bits per heavy atom. The predicted octanol–water partition coefficient (Wildman–Crippen LogP) is 1.44. The van der Waals surface area contributed by atoms with Crippen LogP contribution in [0.15, 0.2) is 11.6 Å². The minimum atomic E-state index is -0.0177. The van der Waals surface area contributed by atoms with Crippen molar-refractivity contribution in [1.29, 1.82) is 0 Å². The number of rotatable bonds is 3. The lowest BCUT2D eigenvalue weighted by atomic mass is 9.95. The Morgan fingerprint density at radius 2 is 2.36 bits per heavy atom. The third-order valence-electron chi connectivity index (χ3n) is 1.99. The largest absolute Gasteiger partial charge is 0.396 e. The normalized spacial score (nSPS) is 17.7. The quantitative estimate of drug-likeness (QED) is 0.667. The zero-order chi connectivity index (χ0) is 8.10. The number of allylic oxidation sites excluding steroid dienone is 2. The standard InChI is InChI=1S/C9H14O2/c10-7-6-9(11)8-4-2-1-3-5-8/h4,10H,1-3,5-7H2. The van der Waals surface area contributed by atoms with Gasteiger partial charge >= 0.3 is 0 Å². The van der Waals surface area contributed by atoms with Crippen LogP contribution in [0.5, 0.6) is 0 Å². The van der Waals surface area contributed by atoms with Crippen LogP contribution in [0.3, 0.4) is 0 Å². The highest BCUT2D eigenvalue weighted by molar-refractivity contribution is 5.95. The molecule has 0 saturated carbocycles. The van der Waals surface area contributed by atoms with Crippen molar-refractivity contribution < 1.29 is 9.90 Å². The maximum Gasteiger partial charge on any atom is 0.160 e. The Labute approximate surface area is 66.9 Å². The number of Topliss-reactive ketones (excluding diaryl/α,β-unsaturated/α-hetero) is 1. The summed E-state index contributed by atoms with van der Waals surface area (Å²) in [6, 6.07) is 0. The molecular weight excluding hydrogens is 140 g/mol. The average Bonchev–Trinajstić information content (AvgIpc) is 2.07. The average molecular weight is 154 g/mol. The molecule has 11 heavy (non-hydrogen) atoms. The number of hydrogen-bond donors (Lipinski definition) is 1. The molecule has 2 heteroatoms. The molecule has 1 rings (SSSR count). The van der Waals surface area contributed by atoms with Crippen LogP contribution >= 0.6 is 0 Å². The molecule has 62 valence electrons. The van der Waals surface area contributed by atoms with Gasteiger partial charge in [0.2, 0.25) is 0 Å². The van der Waals surface area contributed by atoms with Gasteiger partial charge in [-0.05, 0) is 31.3 Å². The molecule has 0 atom stereocenters. The zero-order valence-corrected chi connectivity index (χ0v) is 6.68. The van der Waals surface area contributed by atoms with Gasteiger partial charge < -0.3 is 5.11 Å². The molecule has 0 heterocycles. The summed E-state index contributed by atoms with van der Waals surface area (Å²) >= 11 is 0. The van der Waals surface area contributed by atoms with Crippen molar-refractivity contribution in [2.75, 3.05) is 6.61 Å². The Balaban J connectivity index is 2.44. The molecule has 0 spiro atoms. The maximum atomic E-state index is 11.2. The first-order valence-corrected chi connectivity index (χ1v) is 4.17. The molecule has 0 radical (unpaired) electrons. The Bertz CT molecular complexity index is 170. The van der Waals surface area contributed by atoms with Crippen molar-refractivity contribution in [1.82, 2.24) is 0 Å². The second-order valence-corrected chi connectivity index (χ2v) is 2.87. The van der Waals surface area contributed by atoms with Gasteiger partial charge in [-0.2, -0.15) is 0 Å². The van der Waals surface area contributed by atoms with Crippen LogP contribution in [0.1, 0.15) is 32.1 Å². The van der Waals surface area contributed by atoms with Crippen LogP contribution < -0.4 is 0 Å². The maximum absolute atomic E-state index is 11.2. The van der Waals surface area contributed by atoms with Crippen molar-refractivity contribution in [3.05, 3.63) is 11.6 Å². The molecule has 0 fully saturated rings. The first kappa shape index (κ1) is 8.47. The highest BCUT2D eigenvalue weighted by atomic mass is 16.3. The fraction of sp³-hybridized carbons (Fsp3) is 0.667. The van der Waals surface area contributed by atoms with Gasteiger partial charge in [-0.15, -0.1) is 0 Å². The van der Waals surface area contributed by atoms with Crippen molar-refractivity contribution in [3.8, 4) is 0 Å². The second kappa shape index (κ2) is 4.29. The molecule has 0 unspecified atom stereocenters. The van der Waals surface area contributed by atoms with E-state index in [0.29, 0.717) is 6.42 Å². The summed E-state index contributed by atoms with van der Waals surface area (Å²) in [5.74, 6) is 0.132. The molecule has 1 aliphatic carbocycles. The predicted molar refractivity (Wildman–Crippen MR) is 43.3 cm³/mol. The molecule has 0 amide bonds. The van der Waals surface area contributed by atoms with E-state index in [1.165, 1.54) is 6.42 Å². The van der Waals surface area contributed by atoms with E-state index in [9.17, 15) is 4.79 Å². The zero-order valence-electron chi connectivity index (χ0n) is 6.68. The van der Waals surface area contributed by atoms with Crippen molar-refractivity contribution >= 4 is 5.78 Å². The third kappa shape index (κ3) is 2.46. The monoisotopic (exact) mass is 154 g/mol. The third-order valence-corrected chi connectivity index (χ3v) is 1.99. The number of carbonyl (C=O) groups is 1. The van der Waals surface area contributed by atoms with E-state index in [4.69, 9.17) is 5.11 Å². The smallest absolute Gasteiger partial charge is 0.160 e. The summed E-state index contributed by atoms with van der Waals surface area (Å²) in [5.41, 5.74) is 0.935. The first-order valence-electron chi connectivity index (χ1n) is 4.17. The summed E-state index contributed by atoms with van der Waals surface area (Å²) in [4.78, 5) is 11.2. The SMILES string of the molecule is O=C(CCO)C1=CCCCC1. The highest BCUT2D eigenvalue weighted by Gasteiger charge is 2.10. The van der Waals surface area contributed by atoms with Gasteiger partial charge in [0.25, 0.3) is 0 Å². The van der Waals surface area contributed by atoms with Crippen LogP contribution in [0.2, 0.25) is 0 Å². The minimum absolute atomic E-state index is 0.0177. The lowest BCUT2D eigenvalue weighted by Crippen LogP contribution is -2.07. The number of aliphatic hydroxyl groups excluding tert-OH is 1. The van der Waals surface area contributed by atoms with E-state index < -0.39 is 0 Å². The molecular formula is C9H14O2. The van der Waals surface area contributed by atoms with Gasteiger partial charge in [0.05, 0.1) is 6.61 Å². The highest BCUT2D eigenvalue weighted by Crippen LogP contribution is 2.18. The van der Waals surface area contributed by atoms with Crippen LogP contribution in [0.4, 0.5) is 0 Å². The van der Waals surface area contributed by atoms with Crippen molar-refractivity contribution in [2.24, 2.45) is 0 Å². The Morgan fingerprint density at radius 1 is 1.55 bits per heavy atom. The van der Waals surface area contributed by atoms with E-state index in [-0.39, 0.29) is 12.4 Å².